The Morgan fingerprint density at radius 1 is 1.07 bits per heavy atom. The third kappa shape index (κ3) is 5.68. The summed E-state index contributed by atoms with van der Waals surface area (Å²) in [7, 11) is -3.69. The standard InChI is InChI=1S/C20H17N3O5S2/c21-9-14-1-3-16(4-2-14)12-30(27,28)13-18(24)22-17-7-5-15(6-8-17)10-23-19(25)11-29-20(23)26/h1-8H,10-13H2,(H,22,24). The van der Waals surface area contributed by atoms with Gasteiger partial charge in [-0.1, -0.05) is 36.0 Å². The zero-order chi connectivity index (χ0) is 21.7. The number of imide groups is 1. The first-order valence-electron chi connectivity index (χ1n) is 8.81. The molecule has 30 heavy (non-hydrogen) atoms. The van der Waals surface area contributed by atoms with Crippen molar-refractivity contribution in [1.82, 2.24) is 4.90 Å². The van der Waals surface area contributed by atoms with E-state index < -0.39 is 21.5 Å². The van der Waals surface area contributed by atoms with Crippen LogP contribution in [0, 0.1) is 11.3 Å². The fraction of sp³-hybridized carbons (Fsp3) is 0.200. The molecule has 0 aliphatic carbocycles. The molecular formula is C20H17N3O5S2. The summed E-state index contributed by atoms with van der Waals surface area (Å²) in [4.78, 5) is 36.6. The first-order valence-corrected chi connectivity index (χ1v) is 11.6. The van der Waals surface area contributed by atoms with E-state index in [1.54, 1.807) is 36.4 Å². The van der Waals surface area contributed by atoms with Crippen molar-refractivity contribution in [2.45, 2.75) is 12.3 Å². The highest BCUT2D eigenvalue weighted by Crippen LogP contribution is 2.22. The molecule has 1 fully saturated rings. The van der Waals surface area contributed by atoms with Crippen LogP contribution in [0.25, 0.3) is 0 Å². The number of nitriles is 1. The van der Waals surface area contributed by atoms with E-state index >= 15 is 0 Å². The Bertz CT molecular complexity index is 1100. The molecule has 0 unspecified atom stereocenters. The number of nitrogens with one attached hydrogen (secondary N) is 1. The fourth-order valence-electron chi connectivity index (χ4n) is 2.79. The fourth-order valence-corrected chi connectivity index (χ4v) is 4.79. The molecule has 8 nitrogen and oxygen atoms in total. The number of carbonyl (C=O) groups excluding carboxylic acids is 3. The lowest BCUT2D eigenvalue weighted by molar-refractivity contribution is -0.125. The minimum absolute atomic E-state index is 0.143. The SMILES string of the molecule is N#Cc1ccc(CS(=O)(=O)CC(=O)Nc2ccc(CN3C(=O)CSC3=O)cc2)cc1. The minimum Gasteiger partial charge on any atom is -0.325 e. The van der Waals surface area contributed by atoms with Crippen LogP contribution in [0.2, 0.25) is 0 Å². The highest BCUT2D eigenvalue weighted by atomic mass is 32.2. The van der Waals surface area contributed by atoms with Crippen molar-refractivity contribution in [1.29, 1.82) is 5.26 Å². The Morgan fingerprint density at radius 3 is 2.27 bits per heavy atom. The normalized spacial score (nSPS) is 13.9. The second kappa shape index (κ2) is 9.11. The van der Waals surface area contributed by atoms with Gasteiger partial charge in [0, 0.05) is 5.69 Å². The van der Waals surface area contributed by atoms with Crippen molar-refractivity contribution in [2.24, 2.45) is 0 Å². The lowest BCUT2D eigenvalue weighted by Gasteiger charge is -2.13. The van der Waals surface area contributed by atoms with Crippen LogP contribution in [0.1, 0.15) is 16.7 Å². The van der Waals surface area contributed by atoms with Crippen molar-refractivity contribution in [3.63, 3.8) is 0 Å². The summed E-state index contributed by atoms with van der Waals surface area (Å²) >= 11 is 0.961. The van der Waals surface area contributed by atoms with Crippen molar-refractivity contribution >= 4 is 44.3 Å². The van der Waals surface area contributed by atoms with Gasteiger partial charge in [-0.25, -0.2) is 8.42 Å². The van der Waals surface area contributed by atoms with Gasteiger partial charge in [-0.05, 0) is 35.4 Å². The van der Waals surface area contributed by atoms with Crippen molar-refractivity contribution in [3.05, 3.63) is 65.2 Å². The summed E-state index contributed by atoms with van der Waals surface area (Å²) in [6.07, 6.45) is 0. The molecule has 10 heteroatoms. The van der Waals surface area contributed by atoms with Crippen molar-refractivity contribution < 1.29 is 22.8 Å². The van der Waals surface area contributed by atoms with E-state index in [-0.39, 0.29) is 29.2 Å². The van der Waals surface area contributed by atoms with Gasteiger partial charge in [-0.3, -0.25) is 19.3 Å². The van der Waals surface area contributed by atoms with Gasteiger partial charge < -0.3 is 5.32 Å². The smallest absolute Gasteiger partial charge is 0.289 e. The predicted molar refractivity (Wildman–Crippen MR) is 112 cm³/mol. The van der Waals surface area contributed by atoms with Gasteiger partial charge in [0.1, 0.15) is 5.75 Å². The number of thioether (sulfide) groups is 1. The molecular weight excluding hydrogens is 426 g/mol. The summed E-state index contributed by atoms with van der Waals surface area (Å²) in [6.45, 7) is 0.151. The number of carbonyl (C=O) groups is 3. The van der Waals surface area contributed by atoms with Gasteiger partial charge in [0.25, 0.3) is 5.24 Å². The van der Waals surface area contributed by atoms with E-state index in [9.17, 15) is 22.8 Å². The third-order valence-electron chi connectivity index (χ3n) is 4.24. The molecule has 0 atom stereocenters. The summed E-state index contributed by atoms with van der Waals surface area (Å²) < 4.78 is 24.5. The van der Waals surface area contributed by atoms with Crippen LogP contribution in [0.3, 0.4) is 0 Å². The molecule has 0 saturated carbocycles. The van der Waals surface area contributed by atoms with Gasteiger partial charge in [0.2, 0.25) is 11.8 Å². The number of hydrogen-bond donors (Lipinski definition) is 1. The number of rotatable bonds is 7. The minimum atomic E-state index is -3.69. The van der Waals surface area contributed by atoms with Crippen molar-refractivity contribution in [3.8, 4) is 6.07 Å². The van der Waals surface area contributed by atoms with Crippen molar-refractivity contribution in [2.75, 3.05) is 16.8 Å². The van der Waals surface area contributed by atoms with Crippen LogP contribution >= 0.6 is 11.8 Å². The summed E-state index contributed by atoms with van der Waals surface area (Å²) in [5.41, 5.74) is 2.04. The maximum Gasteiger partial charge on any atom is 0.289 e. The molecule has 0 spiro atoms. The zero-order valence-corrected chi connectivity index (χ0v) is 17.3. The Kier molecular flexibility index (Phi) is 6.54. The van der Waals surface area contributed by atoms with E-state index in [0.717, 1.165) is 16.7 Å². The average molecular weight is 444 g/mol. The van der Waals surface area contributed by atoms with Gasteiger partial charge in [0.05, 0.1) is 29.7 Å². The van der Waals surface area contributed by atoms with Gasteiger partial charge >= 0.3 is 0 Å². The maximum atomic E-state index is 12.3. The third-order valence-corrected chi connectivity index (χ3v) is 6.57. The highest BCUT2D eigenvalue weighted by molar-refractivity contribution is 8.14. The second-order valence-electron chi connectivity index (χ2n) is 6.62. The lowest BCUT2D eigenvalue weighted by Crippen LogP contribution is -2.27. The summed E-state index contributed by atoms with van der Waals surface area (Å²) in [6, 6.07) is 14.6. The Morgan fingerprint density at radius 2 is 1.70 bits per heavy atom. The Hall–Kier alpha value is -3.16. The summed E-state index contributed by atoms with van der Waals surface area (Å²) in [5.74, 6) is -1.75. The van der Waals surface area contributed by atoms with E-state index in [1.165, 1.54) is 12.1 Å². The number of nitrogens with zero attached hydrogens (tertiary/aromatic N) is 2. The maximum absolute atomic E-state index is 12.3. The molecule has 3 rings (SSSR count). The Balaban J connectivity index is 1.55. The molecule has 2 aromatic carbocycles. The lowest BCUT2D eigenvalue weighted by atomic mass is 10.2. The zero-order valence-electron chi connectivity index (χ0n) is 15.7. The molecule has 0 radical (unpaired) electrons. The molecule has 1 N–H and O–H groups in total. The van der Waals surface area contributed by atoms with E-state index in [1.807, 2.05) is 6.07 Å². The number of hydrogen-bond acceptors (Lipinski definition) is 7. The van der Waals surface area contributed by atoms with Crippen LogP contribution in [-0.2, 0) is 31.7 Å². The molecule has 0 aromatic heterocycles. The van der Waals surface area contributed by atoms with E-state index in [2.05, 4.69) is 5.32 Å². The number of sulfone groups is 1. The molecule has 154 valence electrons. The van der Waals surface area contributed by atoms with Gasteiger partial charge in [-0.2, -0.15) is 5.26 Å². The van der Waals surface area contributed by atoms with E-state index in [4.69, 9.17) is 5.26 Å². The van der Waals surface area contributed by atoms with Crippen LogP contribution in [0.5, 0.6) is 0 Å². The van der Waals surface area contributed by atoms with Crippen LogP contribution in [0.4, 0.5) is 10.5 Å². The topological polar surface area (TPSA) is 124 Å². The largest absolute Gasteiger partial charge is 0.325 e. The quantitative estimate of drug-likeness (QED) is 0.696. The number of amides is 3. The number of benzene rings is 2. The van der Waals surface area contributed by atoms with Crippen LogP contribution in [0.15, 0.2) is 48.5 Å². The first-order chi connectivity index (χ1) is 14.3. The molecule has 1 saturated heterocycles. The van der Waals surface area contributed by atoms with Crippen LogP contribution < -0.4 is 5.32 Å². The number of anilines is 1. The monoisotopic (exact) mass is 443 g/mol. The van der Waals surface area contributed by atoms with Crippen LogP contribution in [-0.4, -0.2) is 41.9 Å². The molecule has 1 heterocycles. The average Bonchev–Trinajstić information content (AvgIpc) is 3.01. The first kappa shape index (κ1) is 21.5. The Labute approximate surface area is 177 Å². The molecule has 3 amide bonds. The highest BCUT2D eigenvalue weighted by Gasteiger charge is 2.29. The predicted octanol–water partition coefficient (Wildman–Crippen LogP) is 2.31. The summed E-state index contributed by atoms with van der Waals surface area (Å²) in [5, 5.41) is 11.0. The second-order valence-corrected chi connectivity index (χ2v) is 9.61. The molecule has 1 aliphatic heterocycles. The molecule has 0 bridgehead atoms. The molecule has 2 aromatic rings. The van der Waals surface area contributed by atoms with Gasteiger partial charge in [-0.15, -0.1) is 0 Å². The molecule has 1 aliphatic rings. The van der Waals surface area contributed by atoms with Gasteiger partial charge in [0.15, 0.2) is 9.84 Å². The van der Waals surface area contributed by atoms with E-state index in [0.29, 0.717) is 22.4 Å².